The number of benzene rings is 1. The highest BCUT2D eigenvalue weighted by Gasteiger charge is 2.17. The molecule has 2 heterocycles. The second kappa shape index (κ2) is 7.55. The highest BCUT2D eigenvalue weighted by Crippen LogP contribution is 2.24. The number of carbonyl (C=O) groups excluding carboxylic acids is 2. The van der Waals surface area contributed by atoms with E-state index in [0.717, 1.165) is 11.3 Å². The smallest absolute Gasteiger partial charge is 0.350 e. The van der Waals surface area contributed by atoms with Gasteiger partial charge in [-0.3, -0.25) is 4.79 Å². The number of hydrogen-bond acceptors (Lipinski definition) is 4. The minimum absolute atomic E-state index is 0.367. The molecule has 0 spiro atoms. The van der Waals surface area contributed by atoms with Crippen LogP contribution in [0.4, 0.5) is 5.69 Å². The summed E-state index contributed by atoms with van der Waals surface area (Å²) in [5.74, 6) is -0.950. The molecule has 0 unspecified atom stereocenters. The monoisotopic (exact) mass is 374 g/mol. The van der Waals surface area contributed by atoms with E-state index < -0.39 is 11.9 Å². The van der Waals surface area contributed by atoms with Gasteiger partial charge in [0.25, 0.3) is 5.91 Å². The Hall–Kier alpha value is -2.57. The Morgan fingerprint density at radius 1 is 1.20 bits per heavy atom. The SMILES string of the molecule is Cc1c(Cl)cccc1NC(=O)COC(=O)c1sccc1-n1cccc1. The van der Waals surface area contributed by atoms with Gasteiger partial charge < -0.3 is 14.6 Å². The van der Waals surface area contributed by atoms with Gasteiger partial charge in [-0.1, -0.05) is 17.7 Å². The summed E-state index contributed by atoms with van der Waals surface area (Å²) in [5, 5.41) is 5.06. The maximum absolute atomic E-state index is 12.3. The molecule has 5 nitrogen and oxygen atoms in total. The van der Waals surface area contributed by atoms with Crippen molar-refractivity contribution in [2.45, 2.75) is 6.92 Å². The number of aromatic nitrogens is 1. The van der Waals surface area contributed by atoms with E-state index in [-0.39, 0.29) is 6.61 Å². The standard InChI is InChI=1S/C18H15ClN2O3S/c1-12-13(19)5-4-6-14(12)20-16(22)11-24-18(23)17-15(7-10-25-17)21-8-2-3-9-21/h2-10H,11H2,1H3,(H,20,22). The normalized spacial score (nSPS) is 10.5. The predicted molar refractivity (Wildman–Crippen MR) is 98.7 cm³/mol. The Labute approximate surface area is 153 Å². The van der Waals surface area contributed by atoms with Crippen LogP contribution in [0.1, 0.15) is 15.2 Å². The van der Waals surface area contributed by atoms with Gasteiger partial charge in [0.2, 0.25) is 0 Å². The fraction of sp³-hybridized carbons (Fsp3) is 0.111. The second-order valence-corrected chi connectivity index (χ2v) is 6.59. The van der Waals surface area contributed by atoms with Gasteiger partial charge in [-0.25, -0.2) is 4.79 Å². The Kier molecular flexibility index (Phi) is 5.21. The molecule has 0 radical (unpaired) electrons. The number of halogens is 1. The molecule has 3 rings (SSSR count). The number of nitrogens with one attached hydrogen (secondary N) is 1. The van der Waals surface area contributed by atoms with Crippen molar-refractivity contribution in [2.24, 2.45) is 0 Å². The third-order valence-corrected chi connectivity index (χ3v) is 4.88. The number of carbonyl (C=O) groups is 2. The summed E-state index contributed by atoms with van der Waals surface area (Å²) in [6, 6.07) is 10.8. The molecule has 1 aromatic carbocycles. The molecule has 0 aliphatic heterocycles. The van der Waals surface area contributed by atoms with Crippen LogP contribution in [0.5, 0.6) is 0 Å². The van der Waals surface area contributed by atoms with E-state index in [9.17, 15) is 9.59 Å². The lowest BCUT2D eigenvalue weighted by Crippen LogP contribution is -2.21. The number of rotatable bonds is 5. The van der Waals surface area contributed by atoms with Crippen molar-refractivity contribution in [1.82, 2.24) is 4.57 Å². The maximum atomic E-state index is 12.3. The molecule has 0 saturated heterocycles. The molecular weight excluding hydrogens is 360 g/mol. The van der Waals surface area contributed by atoms with Gasteiger partial charge in [0.05, 0.1) is 5.69 Å². The molecule has 7 heteroatoms. The molecule has 3 aromatic rings. The minimum atomic E-state index is -0.531. The third kappa shape index (κ3) is 3.92. The van der Waals surface area contributed by atoms with Crippen LogP contribution in [0.25, 0.3) is 5.69 Å². The lowest BCUT2D eigenvalue weighted by atomic mass is 10.2. The molecule has 0 bridgehead atoms. The molecule has 0 aliphatic rings. The maximum Gasteiger partial charge on any atom is 0.350 e. The van der Waals surface area contributed by atoms with Crippen LogP contribution in [0.2, 0.25) is 5.02 Å². The quantitative estimate of drug-likeness (QED) is 0.677. The van der Waals surface area contributed by atoms with Crippen LogP contribution in [0.15, 0.2) is 54.2 Å². The van der Waals surface area contributed by atoms with Gasteiger partial charge in [0.15, 0.2) is 6.61 Å². The Morgan fingerprint density at radius 2 is 1.96 bits per heavy atom. The molecule has 0 saturated carbocycles. The summed E-state index contributed by atoms with van der Waals surface area (Å²) in [6.45, 7) is 1.44. The molecule has 1 amide bonds. The molecule has 1 N–H and O–H groups in total. The number of anilines is 1. The topological polar surface area (TPSA) is 60.3 Å². The molecule has 0 fully saturated rings. The summed E-state index contributed by atoms with van der Waals surface area (Å²) >= 11 is 7.29. The van der Waals surface area contributed by atoms with Crippen molar-refractivity contribution < 1.29 is 14.3 Å². The van der Waals surface area contributed by atoms with Crippen LogP contribution in [0, 0.1) is 6.92 Å². The summed E-state index contributed by atoms with van der Waals surface area (Å²) in [6.07, 6.45) is 3.68. The largest absolute Gasteiger partial charge is 0.451 e. The number of nitrogens with zero attached hydrogens (tertiary/aromatic N) is 1. The van der Waals surface area contributed by atoms with E-state index in [1.807, 2.05) is 35.2 Å². The van der Waals surface area contributed by atoms with Gasteiger partial charge >= 0.3 is 5.97 Å². The molecular formula is C18H15ClN2O3S. The number of esters is 1. The highest BCUT2D eigenvalue weighted by molar-refractivity contribution is 7.12. The van der Waals surface area contributed by atoms with E-state index in [4.69, 9.17) is 16.3 Å². The van der Waals surface area contributed by atoms with E-state index in [2.05, 4.69) is 5.32 Å². The zero-order valence-electron chi connectivity index (χ0n) is 13.4. The van der Waals surface area contributed by atoms with Crippen molar-refractivity contribution in [2.75, 3.05) is 11.9 Å². The van der Waals surface area contributed by atoms with E-state index in [0.29, 0.717) is 15.6 Å². The second-order valence-electron chi connectivity index (χ2n) is 5.26. The first kappa shape index (κ1) is 17.3. The number of amides is 1. The van der Waals surface area contributed by atoms with E-state index >= 15 is 0 Å². The summed E-state index contributed by atoms with van der Waals surface area (Å²) in [4.78, 5) is 24.8. The lowest BCUT2D eigenvalue weighted by Gasteiger charge is -2.10. The van der Waals surface area contributed by atoms with Crippen molar-refractivity contribution in [3.05, 3.63) is 69.6 Å². The first-order valence-electron chi connectivity index (χ1n) is 7.49. The summed E-state index contributed by atoms with van der Waals surface area (Å²) in [7, 11) is 0. The zero-order chi connectivity index (χ0) is 17.8. The predicted octanol–water partition coefficient (Wildman–Crippen LogP) is 4.30. The fourth-order valence-electron chi connectivity index (χ4n) is 2.28. The third-order valence-electron chi connectivity index (χ3n) is 3.59. The molecule has 0 atom stereocenters. The highest BCUT2D eigenvalue weighted by atomic mass is 35.5. The lowest BCUT2D eigenvalue weighted by molar-refractivity contribution is -0.119. The number of thiophene rings is 1. The molecule has 2 aromatic heterocycles. The number of hydrogen-bond donors (Lipinski definition) is 1. The molecule has 0 aliphatic carbocycles. The molecule has 128 valence electrons. The van der Waals surface area contributed by atoms with E-state index in [1.165, 1.54) is 11.3 Å². The fourth-order valence-corrected chi connectivity index (χ4v) is 3.24. The van der Waals surface area contributed by atoms with Crippen LogP contribution in [-0.2, 0) is 9.53 Å². The van der Waals surface area contributed by atoms with Gasteiger partial charge in [0.1, 0.15) is 4.88 Å². The van der Waals surface area contributed by atoms with E-state index in [1.54, 1.807) is 30.5 Å². The molecule has 25 heavy (non-hydrogen) atoms. The zero-order valence-corrected chi connectivity index (χ0v) is 14.9. The number of ether oxygens (including phenoxy) is 1. The van der Waals surface area contributed by atoms with Gasteiger partial charge in [-0.05, 0) is 48.2 Å². The van der Waals surface area contributed by atoms with Crippen molar-refractivity contribution in [1.29, 1.82) is 0 Å². The van der Waals surface area contributed by atoms with Gasteiger partial charge in [0, 0.05) is 23.1 Å². The average molecular weight is 375 g/mol. The van der Waals surface area contributed by atoms with Crippen LogP contribution in [0.3, 0.4) is 0 Å². The first-order valence-corrected chi connectivity index (χ1v) is 8.75. The van der Waals surface area contributed by atoms with Gasteiger partial charge in [-0.2, -0.15) is 0 Å². The van der Waals surface area contributed by atoms with Crippen molar-refractivity contribution in [3.8, 4) is 5.69 Å². The van der Waals surface area contributed by atoms with Crippen LogP contribution < -0.4 is 5.32 Å². The average Bonchev–Trinajstić information content (AvgIpc) is 3.27. The van der Waals surface area contributed by atoms with Gasteiger partial charge in [-0.15, -0.1) is 11.3 Å². The van der Waals surface area contributed by atoms with Crippen molar-refractivity contribution >= 4 is 40.5 Å². The van der Waals surface area contributed by atoms with Crippen molar-refractivity contribution in [3.63, 3.8) is 0 Å². The Balaban J connectivity index is 1.62. The minimum Gasteiger partial charge on any atom is -0.451 e. The van der Waals surface area contributed by atoms with Crippen LogP contribution in [-0.4, -0.2) is 23.1 Å². The van der Waals surface area contributed by atoms with Crippen LogP contribution >= 0.6 is 22.9 Å². The first-order chi connectivity index (χ1) is 12.1. The Morgan fingerprint density at radius 3 is 2.72 bits per heavy atom. The summed E-state index contributed by atoms with van der Waals surface area (Å²) < 4.78 is 6.96. The summed E-state index contributed by atoms with van der Waals surface area (Å²) in [5.41, 5.74) is 2.08. The Bertz CT molecular complexity index is 903.